The standard InChI is InChI=1S/C18H24/c1-16(2)10-9-12-17(3)11-7-8-15-18-13-5-4-6-14-18/h4-8,10-11,13-14H,9,12,15H2,1-3H3. The number of hydrogen-bond acceptors (Lipinski definition) is 0. The van der Waals surface area contributed by atoms with Crippen molar-refractivity contribution in [2.75, 3.05) is 0 Å². The molecule has 0 saturated heterocycles. The van der Waals surface area contributed by atoms with Gasteiger partial charge in [0.2, 0.25) is 0 Å². The van der Waals surface area contributed by atoms with Gasteiger partial charge in [0, 0.05) is 0 Å². The van der Waals surface area contributed by atoms with Gasteiger partial charge < -0.3 is 0 Å². The molecule has 0 amide bonds. The lowest BCUT2D eigenvalue weighted by Gasteiger charge is -1.97. The molecule has 0 unspecified atom stereocenters. The first-order chi connectivity index (χ1) is 8.68. The van der Waals surface area contributed by atoms with Crippen LogP contribution in [0.3, 0.4) is 0 Å². The first-order valence-corrected chi connectivity index (χ1v) is 6.68. The molecule has 0 aliphatic heterocycles. The van der Waals surface area contributed by atoms with Gasteiger partial charge in [-0.3, -0.25) is 0 Å². The summed E-state index contributed by atoms with van der Waals surface area (Å²) in [6, 6.07) is 10.6. The van der Waals surface area contributed by atoms with Gasteiger partial charge in [-0.2, -0.15) is 0 Å². The molecule has 0 aromatic heterocycles. The van der Waals surface area contributed by atoms with Crippen LogP contribution in [-0.2, 0) is 6.42 Å². The molecule has 0 bridgehead atoms. The lowest BCUT2D eigenvalue weighted by atomic mass is 10.1. The first kappa shape index (κ1) is 14.5. The normalized spacial score (nSPS) is 11.8. The second-order valence-electron chi connectivity index (χ2n) is 4.95. The zero-order valence-corrected chi connectivity index (χ0v) is 11.8. The Morgan fingerprint density at radius 2 is 1.78 bits per heavy atom. The van der Waals surface area contributed by atoms with Gasteiger partial charge >= 0.3 is 0 Å². The Hall–Kier alpha value is -1.56. The van der Waals surface area contributed by atoms with Gasteiger partial charge in [0.25, 0.3) is 0 Å². The summed E-state index contributed by atoms with van der Waals surface area (Å²) < 4.78 is 0. The maximum absolute atomic E-state index is 2.30. The van der Waals surface area contributed by atoms with Gasteiger partial charge in [0.1, 0.15) is 0 Å². The summed E-state index contributed by atoms with van der Waals surface area (Å²) >= 11 is 0. The molecule has 0 aliphatic rings. The number of hydrogen-bond donors (Lipinski definition) is 0. The molecule has 96 valence electrons. The van der Waals surface area contributed by atoms with E-state index in [4.69, 9.17) is 0 Å². The molecule has 0 heteroatoms. The fraction of sp³-hybridized carbons (Fsp3) is 0.333. The predicted molar refractivity (Wildman–Crippen MR) is 81.7 cm³/mol. The molecule has 18 heavy (non-hydrogen) atoms. The van der Waals surface area contributed by atoms with Crippen molar-refractivity contribution < 1.29 is 0 Å². The van der Waals surface area contributed by atoms with E-state index >= 15 is 0 Å². The minimum absolute atomic E-state index is 1.01. The summed E-state index contributed by atoms with van der Waals surface area (Å²) in [7, 11) is 0. The molecule has 0 saturated carbocycles. The van der Waals surface area contributed by atoms with Crippen LogP contribution in [0.15, 0.2) is 65.8 Å². The minimum atomic E-state index is 1.01. The van der Waals surface area contributed by atoms with Crippen molar-refractivity contribution in [2.45, 2.75) is 40.0 Å². The van der Waals surface area contributed by atoms with Crippen LogP contribution in [0.5, 0.6) is 0 Å². The van der Waals surface area contributed by atoms with Crippen LogP contribution in [0.25, 0.3) is 0 Å². The fourth-order valence-electron chi connectivity index (χ4n) is 1.72. The van der Waals surface area contributed by atoms with Crippen LogP contribution >= 0.6 is 0 Å². The van der Waals surface area contributed by atoms with Gasteiger partial charge in [-0.1, -0.05) is 65.8 Å². The van der Waals surface area contributed by atoms with Crippen LogP contribution < -0.4 is 0 Å². The highest BCUT2D eigenvalue weighted by atomic mass is 13.9. The van der Waals surface area contributed by atoms with Crippen LogP contribution in [0, 0.1) is 0 Å². The molecular formula is C18H24. The molecule has 0 heterocycles. The molecule has 0 fully saturated rings. The van der Waals surface area contributed by atoms with Crippen LogP contribution in [-0.4, -0.2) is 0 Å². The molecule has 0 atom stereocenters. The molecule has 1 rings (SSSR count). The highest BCUT2D eigenvalue weighted by Gasteiger charge is 1.88. The van der Waals surface area contributed by atoms with Gasteiger partial charge in [-0.15, -0.1) is 0 Å². The largest absolute Gasteiger partial charge is 0.0856 e. The number of allylic oxidation sites excluding steroid dienone is 6. The van der Waals surface area contributed by atoms with Crippen LogP contribution in [0.1, 0.15) is 39.2 Å². The Kier molecular flexibility index (Phi) is 6.86. The maximum atomic E-state index is 2.30. The minimum Gasteiger partial charge on any atom is -0.0856 e. The fourth-order valence-corrected chi connectivity index (χ4v) is 1.72. The van der Waals surface area contributed by atoms with Gasteiger partial charge in [0.05, 0.1) is 0 Å². The third-order valence-electron chi connectivity index (χ3n) is 2.80. The third-order valence-corrected chi connectivity index (χ3v) is 2.80. The van der Waals surface area contributed by atoms with Crippen molar-refractivity contribution in [2.24, 2.45) is 0 Å². The third kappa shape index (κ3) is 6.90. The molecular weight excluding hydrogens is 216 g/mol. The molecule has 0 aliphatic carbocycles. The molecule has 0 radical (unpaired) electrons. The van der Waals surface area contributed by atoms with Crippen molar-refractivity contribution in [1.82, 2.24) is 0 Å². The first-order valence-electron chi connectivity index (χ1n) is 6.68. The van der Waals surface area contributed by atoms with Crippen LogP contribution in [0.2, 0.25) is 0 Å². The summed E-state index contributed by atoms with van der Waals surface area (Å²) in [5, 5.41) is 0. The molecule has 0 N–H and O–H groups in total. The summed E-state index contributed by atoms with van der Waals surface area (Å²) in [6.45, 7) is 6.50. The van der Waals surface area contributed by atoms with E-state index in [1.807, 2.05) is 0 Å². The highest BCUT2D eigenvalue weighted by Crippen LogP contribution is 2.07. The van der Waals surface area contributed by atoms with E-state index in [0.29, 0.717) is 0 Å². The van der Waals surface area contributed by atoms with E-state index in [9.17, 15) is 0 Å². The van der Waals surface area contributed by atoms with Gasteiger partial charge in [-0.05, 0) is 45.6 Å². The Labute approximate surface area is 112 Å². The van der Waals surface area contributed by atoms with E-state index in [1.54, 1.807) is 0 Å². The summed E-state index contributed by atoms with van der Waals surface area (Å²) in [5.41, 5.74) is 4.21. The summed E-state index contributed by atoms with van der Waals surface area (Å²) in [4.78, 5) is 0. The van der Waals surface area contributed by atoms with Crippen molar-refractivity contribution in [1.29, 1.82) is 0 Å². The maximum Gasteiger partial charge on any atom is -0.00943 e. The van der Waals surface area contributed by atoms with Crippen LogP contribution in [0.4, 0.5) is 0 Å². The molecule has 1 aromatic rings. The average molecular weight is 240 g/mol. The lowest BCUT2D eigenvalue weighted by molar-refractivity contribution is 0.967. The Balaban J connectivity index is 2.32. The molecule has 1 aromatic carbocycles. The Morgan fingerprint density at radius 3 is 2.44 bits per heavy atom. The van der Waals surface area contributed by atoms with Crippen molar-refractivity contribution >= 4 is 0 Å². The Bertz CT molecular complexity index is 415. The molecule has 0 spiro atoms. The number of benzene rings is 1. The Morgan fingerprint density at radius 1 is 1.06 bits per heavy atom. The zero-order valence-electron chi connectivity index (χ0n) is 11.8. The predicted octanol–water partition coefficient (Wildman–Crippen LogP) is 5.48. The van der Waals surface area contributed by atoms with Gasteiger partial charge in [0.15, 0.2) is 0 Å². The van der Waals surface area contributed by atoms with E-state index in [-0.39, 0.29) is 0 Å². The van der Waals surface area contributed by atoms with Crippen molar-refractivity contribution in [3.05, 3.63) is 71.3 Å². The average Bonchev–Trinajstić information content (AvgIpc) is 2.35. The topological polar surface area (TPSA) is 0 Å². The highest BCUT2D eigenvalue weighted by molar-refractivity contribution is 5.19. The molecule has 0 nitrogen and oxygen atoms in total. The van der Waals surface area contributed by atoms with Crippen molar-refractivity contribution in [3.8, 4) is 0 Å². The number of rotatable bonds is 6. The van der Waals surface area contributed by atoms with E-state index in [0.717, 1.165) is 19.3 Å². The van der Waals surface area contributed by atoms with Crippen molar-refractivity contribution in [3.63, 3.8) is 0 Å². The second-order valence-corrected chi connectivity index (χ2v) is 4.95. The summed E-state index contributed by atoms with van der Waals surface area (Å²) in [6.07, 6.45) is 12.2. The smallest absolute Gasteiger partial charge is 0.00943 e. The van der Waals surface area contributed by atoms with E-state index < -0.39 is 0 Å². The SMILES string of the molecule is CC(C)=CCCC(C)=CC=CCc1ccccc1. The summed E-state index contributed by atoms with van der Waals surface area (Å²) in [5.74, 6) is 0. The van der Waals surface area contributed by atoms with E-state index in [2.05, 4.69) is 75.4 Å². The lowest BCUT2D eigenvalue weighted by Crippen LogP contribution is -1.79. The van der Waals surface area contributed by atoms with Gasteiger partial charge in [-0.25, -0.2) is 0 Å². The van der Waals surface area contributed by atoms with E-state index in [1.165, 1.54) is 16.7 Å². The quantitative estimate of drug-likeness (QED) is 0.456. The monoisotopic (exact) mass is 240 g/mol. The second kappa shape index (κ2) is 8.52. The zero-order chi connectivity index (χ0) is 13.2.